The summed E-state index contributed by atoms with van der Waals surface area (Å²) in [6.45, 7) is 3.69. The van der Waals surface area contributed by atoms with Crippen molar-refractivity contribution < 1.29 is 9.21 Å². The molecule has 0 aliphatic heterocycles. The zero-order valence-electron chi connectivity index (χ0n) is 11.3. The Labute approximate surface area is 122 Å². The van der Waals surface area contributed by atoms with Crippen LogP contribution in [-0.2, 0) is 11.3 Å². The molecule has 106 valence electrons. The zero-order valence-corrected chi connectivity index (χ0v) is 12.1. The molecule has 2 rings (SSSR count). The van der Waals surface area contributed by atoms with Crippen molar-refractivity contribution in [3.05, 3.63) is 40.9 Å². The highest BCUT2D eigenvalue weighted by molar-refractivity contribution is 6.30. The van der Waals surface area contributed by atoms with Gasteiger partial charge in [-0.25, -0.2) is 4.98 Å². The molecule has 0 unspecified atom stereocenters. The van der Waals surface area contributed by atoms with Gasteiger partial charge in [0.2, 0.25) is 11.8 Å². The Balaban J connectivity index is 2.13. The second kappa shape index (κ2) is 6.07. The first-order chi connectivity index (χ1) is 9.47. The van der Waals surface area contributed by atoms with Gasteiger partial charge in [0, 0.05) is 10.6 Å². The summed E-state index contributed by atoms with van der Waals surface area (Å²) in [6.07, 6.45) is 0. The maximum atomic E-state index is 11.4. The lowest BCUT2D eigenvalue weighted by Crippen LogP contribution is -2.37. The summed E-state index contributed by atoms with van der Waals surface area (Å²) in [5.41, 5.74) is 7.12. The van der Waals surface area contributed by atoms with Crippen LogP contribution in [0.1, 0.15) is 18.5 Å². The molecule has 0 spiro atoms. The minimum Gasteiger partial charge on any atom is -0.438 e. The monoisotopic (exact) mass is 293 g/mol. The normalized spacial score (nSPS) is 12.2. The Morgan fingerprint density at radius 3 is 2.70 bits per heavy atom. The first-order valence-electron chi connectivity index (χ1n) is 6.23. The first-order valence-corrected chi connectivity index (χ1v) is 6.60. The van der Waals surface area contributed by atoms with Gasteiger partial charge in [0.15, 0.2) is 5.76 Å². The van der Waals surface area contributed by atoms with Gasteiger partial charge in [-0.3, -0.25) is 4.79 Å². The molecule has 2 aromatic rings. The quantitative estimate of drug-likeness (QED) is 0.906. The number of rotatable bonds is 4. The molecule has 5 nitrogen and oxygen atoms in total. The van der Waals surface area contributed by atoms with Crippen molar-refractivity contribution in [1.29, 1.82) is 0 Å². The van der Waals surface area contributed by atoms with E-state index in [1.165, 1.54) is 0 Å². The van der Waals surface area contributed by atoms with Crippen LogP contribution < -0.4 is 11.1 Å². The number of nitrogens with one attached hydrogen (secondary N) is 1. The Morgan fingerprint density at radius 1 is 1.45 bits per heavy atom. The van der Waals surface area contributed by atoms with Crippen LogP contribution in [0.25, 0.3) is 11.3 Å². The van der Waals surface area contributed by atoms with E-state index in [0.29, 0.717) is 16.7 Å². The van der Waals surface area contributed by atoms with Crippen LogP contribution >= 0.6 is 11.6 Å². The number of carbonyl (C=O) groups excluding carboxylic acids is 1. The SMILES string of the molecule is Cc1nc(CNC(=O)[C@@H](C)N)oc1-c1ccc(Cl)cc1. The third-order valence-electron chi connectivity index (χ3n) is 2.77. The van der Waals surface area contributed by atoms with Crippen molar-refractivity contribution in [3.8, 4) is 11.3 Å². The fourth-order valence-corrected chi connectivity index (χ4v) is 1.85. The highest BCUT2D eigenvalue weighted by Crippen LogP contribution is 2.25. The lowest BCUT2D eigenvalue weighted by Gasteiger charge is -2.04. The van der Waals surface area contributed by atoms with Crippen LogP contribution in [0.2, 0.25) is 5.02 Å². The lowest BCUT2D eigenvalue weighted by molar-refractivity contribution is -0.122. The third-order valence-corrected chi connectivity index (χ3v) is 3.03. The van der Waals surface area contributed by atoms with Crippen molar-refractivity contribution in [1.82, 2.24) is 10.3 Å². The zero-order chi connectivity index (χ0) is 14.7. The van der Waals surface area contributed by atoms with Gasteiger partial charge in [0.05, 0.1) is 18.3 Å². The van der Waals surface area contributed by atoms with Crippen molar-refractivity contribution in [2.75, 3.05) is 0 Å². The molecule has 0 bridgehead atoms. The van der Waals surface area contributed by atoms with E-state index in [1.807, 2.05) is 19.1 Å². The predicted molar refractivity (Wildman–Crippen MR) is 77.2 cm³/mol. The van der Waals surface area contributed by atoms with Gasteiger partial charge in [-0.15, -0.1) is 0 Å². The second-order valence-electron chi connectivity index (χ2n) is 4.54. The number of hydrogen-bond acceptors (Lipinski definition) is 4. The molecule has 1 atom stereocenters. The minimum atomic E-state index is -0.554. The summed E-state index contributed by atoms with van der Waals surface area (Å²) in [5.74, 6) is 0.877. The van der Waals surface area contributed by atoms with Gasteiger partial charge in [0.1, 0.15) is 0 Å². The fourth-order valence-electron chi connectivity index (χ4n) is 1.72. The minimum absolute atomic E-state index is 0.217. The smallest absolute Gasteiger partial charge is 0.237 e. The number of nitrogens with zero attached hydrogens (tertiary/aromatic N) is 1. The van der Waals surface area contributed by atoms with Crippen molar-refractivity contribution in [3.63, 3.8) is 0 Å². The van der Waals surface area contributed by atoms with E-state index in [1.54, 1.807) is 19.1 Å². The summed E-state index contributed by atoms with van der Waals surface area (Å²) >= 11 is 5.85. The van der Waals surface area contributed by atoms with Gasteiger partial charge >= 0.3 is 0 Å². The molecule has 0 aliphatic rings. The van der Waals surface area contributed by atoms with E-state index >= 15 is 0 Å². The van der Waals surface area contributed by atoms with E-state index in [9.17, 15) is 4.79 Å². The van der Waals surface area contributed by atoms with E-state index in [0.717, 1.165) is 11.3 Å². The number of aryl methyl sites for hydroxylation is 1. The molecule has 1 heterocycles. The number of nitrogens with two attached hydrogens (primary N) is 1. The largest absolute Gasteiger partial charge is 0.438 e. The molecular weight excluding hydrogens is 278 g/mol. The summed E-state index contributed by atoms with van der Waals surface area (Å²) in [7, 11) is 0. The van der Waals surface area contributed by atoms with Crippen LogP contribution in [0.3, 0.4) is 0 Å². The van der Waals surface area contributed by atoms with Gasteiger partial charge in [0.25, 0.3) is 0 Å². The van der Waals surface area contributed by atoms with Crippen LogP contribution in [0.5, 0.6) is 0 Å². The number of aromatic nitrogens is 1. The second-order valence-corrected chi connectivity index (χ2v) is 4.97. The Morgan fingerprint density at radius 2 is 2.10 bits per heavy atom. The summed E-state index contributed by atoms with van der Waals surface area (Å²) in [5, 5.41) is 3.32. The van der Waals surface area contributed by atoms with Gasteiger partial charge in [-0.05, 0) is 38.1 Å². The number of hydrogen-bond donors (Lipinski definition) is 2. The van der Waals surface area contributed by atoms with Gasteiger partial charge in [-0.2, -0.15) is 0 Å². The average Bonchev–Trinajstić information content (AvgIpc) is 2.78. The third kappa shape index (κ3) is 3.37. The van der Waals surface area contributed by atoms with Crippen molar-refractivity contribution in [2.45, 2.75) is 26.4 Å². The lowest BCUT2D eigenvalue weighted by atomic mass is 10.1. The summed E-state index contributed by atoms with van der Waals surface area (Å²) in [6, 6.07) is 6.74. The van der Waals surface area contributed by atoms with Crippen molar-refractivity contribution in [2.24, 2.45) is 5.73 Å². The van der Waals surface area contributed by atoms with Crippen molar-refractivity contribution >= 4 is 17.5 Å². The standard InChI is InChI=1S/C14H16ClN3O2/c1-8(16)14(19)17-7-12-18-9(2)13(20-12)10-3-5-11(15)6-4-10/h3-6,8H,7,16H2,1-2H3,(H,17,19)/t8-/m1/s1. The Hall–Kier alpha value is -1.85. The number of oxazole rings is 1. The van der Waals surface area contributed by atoms with Crippen LogP contribution in [-0.4, -0.2) is 16.9 Å². The van der Waals surface area contributed by atoms with Crippen LogP contribution in [0.15, 0.2) is 28.7 Å². The van der Waals surface area contributed by atoms with E-state index in [2.05, 4.69) is 10.3 Å². The highest BCUT2D eigenvalue weighted by Gasteiger charge is 2.13. The Bertz CT molecular complexity index is 605. The summed E-state index contributed by atoms with van der Waals surface area (Å²) in [4.78, 5) is 15.7. The molecule has 20 heavy (non-hydrogen) atoms. The molecule has 0 saturated carbocycles. The van der Waals surface area contributed by atoms with Gasteiger partial charge in [-0.1, -0.05) is 11.6 Å². The topological polar surface area (TPSA) is 81.2 Å². The number of carbonyl (C=O) groups is 1. The average molecular weight is 294 g/mol. The molecule has 1 aromatic heterocycles. The van der Waals surface area contributed by atoms with E-state index < -0.39 is 6.04 Å². The van der Waals surface area contributed by atoms with E-state index in [4.69, 9.17) is 21.8 Å². The molecule has 1 aromatic carbocycles. The molecule has 3 N–H and O–H groups in total. The summed E-state index contributed by atoms with van der Waals surface area (Å²) < 4.78 is 5.66. The fraction of sp³-hybridized carbons (Fsp3) is 0.286. The molecule has 1 amide bonds. The molecule has 0 aliphatic carbocycles. The molecule has 0 radical (unpaired) electrons. The van der Waals surface area contributed by atoms with Gasteiger partial charge < -0.3 is 15.5 Å². The first kappa shape index (κ1) is 14.6. The van der Waals surface area contributed by atoms with Crippen LogP contribution in [0.4, 0.5) is 0 Å². The maximum absolute atomic E-state index is 11.4. The Kier molecular flexibility index (Phi) is 4.42. The maximum Gasteiger partial charge on any atom is 0.237 e. The number of amides is 1. The van der Waals surface area contributed by atoms with Crippen LogP contribution in [0, 0.1) is 6.92 Å². The molecule has 6 heteroatoms. The molecule has 0 saturated heterocycles. The molecular formula is C14H16ClN3O2. The molecule has 0 fully saturated rings. The number of benzene rings is 1. The predicted octanol–water partition coefficient (Wildman–Crippen LogP) is 2.27. The van der Waals surface area contributed by atoms with E-state index in [-0.39, 0.29) is 12.5 Å². The number of halogens is 1. The highest BCUT2D eigenvalue weighted by atomic mass is 35.5.